The molecule has 0 bridgehead atoms. The van der Waals surface area contributed by atoms with Crippen LogP contribution in [0.2, 0.25) is 0 Å². The number of amides is 1. The van der Waals surface area contributed by atoms with Crippen LogP contribution >= 0.6 is 0 Å². The van der Waals surface area contributed by atoms with Gasteiger partial charge in [-0.05, 0) is 76.8 Å². The molecule has 1 unspecified atom stereocenters. The summed E-state index contributed by atoms with van der Waals surface area (Å²) in [5.74, 6) is -0.330. The van der Waals surface area contributed by atoms with Gasteiger partial charge in [0, 0.05) is 23.8 Å². The Hall–Kier alpha value is -2.25. The van der Waals surface area contributed by atoms with Crippen LogP contribution in [-0.4, -0.2) is 36.2 Å². The standard InChI is InChI=1S/C22H29N3O3S/c1-14-9-10-19(29(27,28)25-11-7-6-8-17(25)4)13-20(14)22(26)24-21-15(2)12-16(3)23-18(21)5/h9-10,12-13,17H,6-8,11H2,1-5H3,(H,24,26). The molecule has 1 atom stereocenters. The van der Waals surface area contributed by atoms with Gasteiger partial charge in [0.1, 0.15) is 0 Å². The molecule has 1 fully saturated rings. The molecule has 7 heteroatoms. The maximum atomic E-state index is 13.2. The van der Waals surface area contributed by atoms with Gasteiger partial charge in [0.25, 0.3) is 5.91 Å². The zero-order chi connectivity index (χ0) is 21.3. The van der Waals surface area contributed by atoms with Crippen molar-refractivity contribution in [3.05, 3.63) is 52.3 Å². The van der Waals surface area contributed by atoms with E-state index >= 15 is 0 Å². The summed E-state index contributed by atoms with van der Waals surface area (Å²) < 4.78 is 27.9. The Balaban J connectivity index is 1.94. The Bertz CT molecular complexity index is 1020. The van der Waals surface area contributed by atoms with E-state index in [1.54, 1.807) is 16.4 Å². The minimum atomic E-state index is -3.64. The van der Waals surface area contributed by atoms with Crippen molar-refractivity contribution in [3.63, 3.8) is 0 Å². The number of anilines is 1. The van der Waals surface area contributed by atoms with Gasteiger partial charge in [-0.25, -0.2) is 8.42 Å². The molecular formula is C22H29N3O3S. The summed E-state index contributed by atoms with van der Waals surface area (Å²) in [5, 5.41) is 2.92. The van der Waals surface area contributed by atoms with Crippen LogP contribution in [0.3, 0.4) is 0 Å². The van der Waals surface area contributed by atoms with E-state index in [2.05, 4.69) is 10.3 Å². The third kappa shape index (κ3) is 4.36. The third-order valence-corrected chi connectivity index (χ3v) is 7.58. The average molecular weight is 416 g/mol. The van der Waals surface area contributed by atoms with Gasteiger partial charge in [0.15, 0.2) is 0 Å². The Kier molecular flexibility index (Phi) is 6.10. The summed E-state index contributed by atoms with van der Waals surface area (Å²) in [5.41, 5.74) is 4.29. The zero-order valence-electron chi connectivity index (χ0n) is 17.7. The molecule has 156 valence electrons. The maximum Gasteiger partial charge on any atom is 0.256 e. The minimum Gasteiger partial charge on any atom is -0.320 e. The van der Waals surface area contributed by atoms with Gasteiger partial charge in [-0.3, -0.25) is 9.78 Å². The first-order valence-corrected chi connectivity index (χ1v) is 11.4. The van der Waals surface area contributed by atoms with Crippen LogP contribution in [0, 0.1) is 27.7 Å². The summed E-state index contributed by atoms with van der Waals surface area (Å²) in [6.07, 6.45) is 2.76. The van der Waals surface area contributed by atoms with E-state index in [1.807, 2.05) is 40.7 Å². The number of carbonyl (C=O) groups is 1. The van der Waals surface area contributed by atoms with Crippen LogP contribution < -0.4 is 5.32 Å². The van der Waals surface area contributed by atoms with Gasteiger partial charge in [0.05, 0.1) is 16.3 Å². The summed E-state index contributed by atoms with van der Waals surface area (Å²) in [4.78, 5) is 17.6. The van der Waals surface area contributed by atoms with Crippen LogP contribution in [-0.2, 0) is 10.0 Å². The van der Waals surface area contributed by atoms with Gasteiger partial charge >= 0.3 is 0 Å². The monoisotopic (exact) mass is 415 g/mol. The Morgan fingerprint density at radius 1 is 1.10 bits per heavy atom. The number of pyridine rings is 1. The van der Waals surface area contributed by atoms with Crippen molar-refractivity contribution in [3.8, 4) is 0 Å². The molecule has 2 heterocycles. The first-order valence-electron chi connectivity index (χ1n) is 10.00. The number of aromatic nitrogens is 1. The van der Waals surface area contributed by atoms with Gasteiger partial charge in [-0.2, -0.15) is 4.31 Å². The van der Waals surface area contributed by atoms with E-state index in [9.17, 15) is 13.2 Å². The maximum absolute atomic E-state index is 13.2. The third-order valence-electron chi connectivity index (χ3n) is 5.57. The molecule has 1 aliphatic rings. The molecule has 0 saturated carbocycles. The highest BCUT2D eigenvalue weighted by Crippen LogP contribution is 2.27. The van der Waals surface area contributed by atoms with Gasteiger partial charge in [0.2, 0.25) is 10.0 Å². The number of carbonyl (C=O) groups excluding carboxylic acids is 1. The lowest BCUT2D eigenvalue weighted by atomic mass is 10.1. The topological polar surface area (TPSA) is 79.4 Å². The van der Waals surface area contributed by atoms with Crippen molar-refractivity contribution in [1.29, 1.82) is 0 Å². The highest BCUT2D eigenvalue weighted by Gasteiger charge is 2.31. The first-order chi connectivity index (χ1) is 13.6. The summed E-state index contributed by atoms with van der Waals surface area (Å²) in [7, 11) is -3.64. The molecule has 1 aliphatic heterocycles. The van der Waals surface area contributed by atoms with Crippen LogP contribution in [0.25, 0.3) is 0 Å². The fraction of sp³-hybridized carbons (Fsp3) is 0.455. The smallest absolute Gasteiger partial charge is 0.256 e. The normalized spacial score (nSPS) is 17.9. The number of benzene rings is 1. The second kappa shape index (κ2) is 8.24. The van der Waals surface area contributed by atoms with Crippen molar-refractivity contribution >= 4 is 21.6 Å². The second-order valence-corrected chi connectivity index (χ2v) is 9.82. The fourth-order valence-corrected chi connectivity index (χ4v) is 5.69. The van der Waals surface area contributed by atoms with Gasteiger partial charge in [-0.15, -0.1) is 0 Å². The number of aryl methyl sites for hydroxylation is 4. The minimum absolute atomic E-state index is 0.0312. The number of hydrogen-bond acceptors (Lipinski definition) is 4. The van der Waals surface area contributed by atoms with E-state index in [0.717, 1.165) is 41.8 Å². The largest absolute Gasteiger partial charge is 0.320 e. The molecule has 2 aromatic rings. The highest BCUT2D eigenvalue weighted by atomic mass is 32.2. The SMILES string of the molecule is Cc1cc(C)c(NC(=O)c2cc(S(=O)(=O)N3CCCCC3C)ccc2C)c(C)n1. The second-order valence-electron chi connectivity index (χ2n) is 7.93. The number of nitrogens with zero attached hydrogens (tertiary/aromatic N) is 2. The molecule has 6 nitrogen and oxygen atoms in total. The fourth-order valence-electron chi connectivity index (χ4n) is 3.96. The summed E-state index contributed by atoms with van der Waals surface area (Å²) >= 11 is 0. The quantitative estimate of drug-likeness (QED) is 0.814. The molecule has 1 aromatic heterocycles. The number of piperidine rings is 1. The molecule has 3 rings (SSSR count). The Morgan fingerprint density at radius 2 is 1.83 bits per heavy atom. The number of rotatable bonds is 4. The van der Waals surface area contributed by atoms with E-state index in [-0.39, 0.29) is 16.8 Å². The Labute approximate surface area is 173 Å². The molecular weight excluding hydrogens is 386 g/mol. The molecule has 0 aliphatic carbocycles. The number of sulfonamides is 1. The van der Waals surface area contributed by atoms with E-state index in [0.29, 0.717) is 17.8 Å². The van der Waals surface area contributed by atoms with Crippen LogP contribution in [0.1, 0.15) is 59.1 Å². The van der Waals surface area contributed by atoms with Crippen LogP contribution in [0.4, 0.5) is 5.69 Å². The zero-order valence-corrected chi connectivity index (χ0v) is 18.6. The predicted octanol–water partition coefficient (Wildman–Crippen LogP) is 4.13. The van der Waals surface area contributed by atoms with E-state index in [4.69, 9.17) is 0 Å². The predicted molar refractivity (Wildman–Crippen MR) is 115 cm³/mol. The van der Waals surface area contributed by atoms with E-state index < -0.39 is 10.0 Å². The van der Waals surface area contributed by atoms with Crippen LogP contribution in [0.5, 0.6) is 0 Å². The first kappa shape index (κ1) is 21.5. The van der Waals surface area contributed by atoms with Crippen molar-refractivity contribution in [1.82, 2.24) is 9.29 Å². The van der Waals surface area contributed by atoms with Crippen molar-refractivity contribution in [2.75, 3.05) is 11.9 Å². The van der Waals surface area contributed by atoms with Crippen molar-refractivity contribution in [2.45, 2.75) is 64.8 Å². The van der Waals surface area contributed by atoms with E-state index in [1.165, 1.54) is 6.07 Å². The average Bonchev–Trinajstić information content (AvgIpc) is 2.64. The highest BCUT2D eigenvalue weighted by molar-refractivity contribution is 7.89. The molecule has 1 amide bonds. The lowest BCUT2D eigenvalue weighted by molar-refractivity contribution is 0.102. The van der Waals surface area contributed by atoms with Crippen LogP contribution in [0.15, 0.2) is 29.2 Å². The van der Waals surface area contributed by atoms with Crippen molar-refractivity contribution < 1.29 is 13.2 Å². The molecule has 1 aromatic carbocycles. The van der Waals surface area contributed by atoms with Crippen molar-refractivity contribution in [2.24, 2.45) is 0 Å². The molecule has 1 saturated heterocycles. The molecule has 0 spiro atoms. The number of hydrogen-bond donors (Lipinski definition) is 1. The van der Waals surface area contributed by atoms with Gasteiger partial charge < -0.3 is 5.32 Å². The summed E-state index contributed by atoms with van der Waals surface area (Å²) in [6.45, 7) is 9.94. The lowest BCUT2D eigenvalue weighted by Gasteiger charge is -2.32. The van der Waals surface area contributed by atoms with Gasteiger partial charge in [-0.1, -0.05) is 12.5 Å². The molecule has 0 radical (unpaired) electrons. The molecule has 1 N–H and O–H groups in total. The lowest BCUT2D eigenvalue weighted by Crippen LogP contribution is -2.42. The molecule has 29 heavy (non-hydrogen) atoms. The summed E-state index contributed by atoms with van der Waals surface area (Å²) in [6, 6.07) is 6.66. The number of nitrogens with one attached hydrogen (secondary N) is 1. The Morgan fingerprint density at radius 3 is 2.48 bits per heavy atom.